The molecular weight excluding hydrogens is 216 g/mol. The van der Waals surface area contributed by atoms with Crippen molar-refractivity contribution in [3.8, 4) is 0 Å². The first kappa shape index (κ1) is 12.6. The summed E-state index contributed by atoms with van der Waals surface area (Å²) < 4.78 is 10.2. The molecule has 3 heteroatoms. The number of rotatable bonds is 8. The van der Waals surface area contributed by atoms with Crippen molar-refractivity contribution in [2.75, 3.05) is 6.61 Å². The van der Waals surface area contributed by atoms with Crippen LogP contribution >= 0.6 is 0 Å². The molecule has 0 aromatic heterocycles. The Morgan fingerprint density at radius 2 is 1.94 bits per heavy atom. The number of carbonyl (C=O) groups excluding carboxylic acids is 1. The minimum atomic E-state index is -0.108. The van der Waals surface area contributed by atoms with E-state index in [4.69, 9.17) is 9.47 Å². The number of unbranched alkanes of at least 4 members (excludes halogenated alkanes) is 4. The van der Waals surface area contributed by atoms with Gasteiger partial charge in [-0.1, -0.05) is 25.7 Å². The van der Waals surface area contributed by atoms with E-state index < -0.39 is 0 Å². The molecule has 2 aliphatic rings. The summed E-state index contributed by atoms with van der Waals surface area (Å²) in [7, 11) is 0. The Labute approximate surface area is 103 Å². The molecule has 96 valence electrons. The van der Waals surface area contributed by atoms with Gasteiger partial charge in [0, 0.05) is 5.57 Å². The molecule has 0 amide bonds. The lowest BCUT2D eigenvalue weighted by Gasteiger charge is -2.01. The highest BCUT2D eigenvalue weighted by molar-refractivity contribution is 5.90. The summed E-state index contributed by atoms with van der Waals surface area (Å²) in [6.07, 6.45) is 10.8. The summed E-state index contributed by atoms with van der Waals surface area (Å²) in [6, 6.07) is 0. The van der Waals surface area contributed by atoms with Crippen molar-refractivity contribution in [1.82, 2.24) is 0 Å². The number of epoxide rings is 1. The van der Waals surface area contributed by atoms with Gasteiger partial charge < -0.3 is 9.47 Å². The first-order valence-corrected chi connectivity index (χ1v) is 6.79. The summed E-state index contributed by atoms with van der Waals surface area (Å²) in [4.78, 5) is 11.3. The smallest absolute Gasteiger partial charge is 0.334 e. The average Bonchev–Trinajstić information content (AvgIpc) is 3.04. The molecule has 2 atom stereocenters. The van der Waals surface area contributed by atoms with Crippen LogP contribution in [0.2, 0.25) is 0 Å². The van der Waals surface area contributed by atoms with Crippen LogP contribution in [0.15, 0.2) is 11.6 Å². The maximum atomic E-state index is 11.3. The Morgan fingerprint density at radius 3 is 2.59 bits per heavy atom. The molecule has 17 heavy (non-hydrogen) atoms. The Morgan fingerprint density at radius 1 is 1.24 bits per heavy atom. The normalized spacial score (nSPS) is 26.9. The van der Waals surface area contributed by atoms with Crippen molar-refractivity contribution in [1.29, 1.82) is 0 Å². The molecule has 0 aromatic rings. The first-order valence-electron chi connectivity index (χ1n) is 6.79. The lowest BCUT2D eigenvalue weighted by molar-refractivity contribution is -0.139. The number of esters is 1. The fraction of sp³-hybridized carbons (Fsp3) is 0.786. The molecule has 2 aliphatic heterocycles. The van der Waals surface area contributed by atoms with E-state index in [0.29, 0.717) is 6.10 Å². The first-order chi connectivity index (χ1) is 8.25. The average molecular weight is 238 g/mol. The largest absolute Gasteiger partial charge is 0.455 e. The Bertz CT molecular complexity index is 292. The van der Waals surface area contributed by atoms with Crippen molar-refractivity contribution in [3.05, 3.63) is 11.6 Å². The summed E-state index contributed by atoms with van der Waals surface area (Å²) in [6.45, 7) is 2.89. The van der Waals surface area contributed by atoms with Crippen LogP contribution in [-0.4, -0.2) is 24.8 Å². The van der Waals surface area contributed by atoms with Crippen LogP contribution in [0, 0.1) is 0 Å². The third-order valence-electron chi connectivity index (χ3n) is 3.37. The van der Waals surface area contributed by atoms with Gasteiger partial charge in [0.25, 0.3) is 0 Å². The summed E-state index contributed by atoms with van der Waals surface area (Å²) in [5.74, 6) is -0.108. The van der Waals surface area contributed by atoms with E-state index in [-0.39, 0.29) is 12.1 Å². The Kier molecular flexibility index (Phi) is 4.60. The number of ether oxygens (including phenoxy) is 2. The van der Waals surface area contributed by atoms with Gasteiger partial charge in [-0.25, -0.2) is 4.79 Å². The van der Waals surface area contributed by atoms with Gasteiger partial charge in [0.1, 0.15) is 6.10 Å². The van der Waals surface area contributed by atoms with Crippen LogP contribution in [0.25, 0.3) is 0 Å². The molecule has 0 unspecified atom stereocenters. The van der Waals surface area contributed by atoms with Gasteiger partial charge in [-0.2, -0.15) is 0 Å². The van der Waals surface area contributed by atoms with E-state index in [1.165, 1.54) is 32.1 Å². The maximum Gasteiger partial charge on any atom is 0.334 e. The SMILES string of the molecule is C[C@H]1C=C(CCCCCCC[C@@H]2CO2)C(=O)O1. The predicted octanol–water partition coefficient (Wildman–Crippen LogP) is 2.99. The van der Waals surface area contributed by atoms with E-state index in [9.17, 15) is 4.79 Å². The van der Waals surface area contributed by atoms with Crippen molar-refractivity contribution < 1.29 is 14.3 Å². The van der Waals surface area contributed by atoms with Crippen LogP contribution in [-0.2, 0) is 14.3 Å². The predicted molar refractivity (Wildman–Crippen MR) is 65.7 cm³/mol. The molecule has 0 radical (unpaired) electrons. The number of cyclic esters (lactones) is 1. The molecule has 0 aromatic carbocycles. The highest BCUT2D eigenvalue weighted by atomic mass is 16.6. The highest BCUT2D eigenvalue weighted by Crippen LogP contribution is 2.21. The van der Waals surface area contributed by atoms with Crippen LogP contribution in [0.3, 0.4) is 0 Å². The minimum absolute atomic E-state index is 0.0176. The van der Waals surface area contributed by atoms with Crippen LogP contribution < -0.4 is 0 Å². The topological polar surface area (TPSA) is 38.8 Å². The highest BCUT2D eigenvalue weighted by Gasteiger charge is 2.22. The zero-order valence-electron chi connectivity index (χ0n) is 10.6. The second-order valence-corrected chi connectivity index (χ2v) is 5.06. The van der Waals surface area contributed by atoms with Gasteiger partial charge in [-0.05, 0) is 32.3 Å². The van der Waals surface area contributed by atoms with E-state index in [2.05, 4.69) is 0 Å². The molecule has 0 spiro atoms. The number of hydrogen-bond acceptors (Lipinski definition) is 3. The lowest BCUT2D eigenvalue weighted by Crippen LogP contribution is -2.03. The molecule has 1 fully saturated rings. The maximum absolute atomic E-state index is 11.3. The van der Waals surface area contributed by atoms with Crippen molar-refractivity contribution in [2.45, 2.75) is 64.1 Å². The van der Waals surface area contributed by atoms with Crippen LogP contribution in [0.1, 0.15) is 51.9 Å². The minimum Gasteiger partial charge on any atom is -0.455 e. The number of carbonyl (C=O) groups is 1. The molecule has 1 saturated heterocycles. The standard InChI is InChI=1S/C14H22O3/c1-11-9-12(14(15)17-11)7-5-3-2-4-6-8-13-10-16-13/h9,11,13H,2-8,10H2,1H3/t11-,13+/m0/s1. The quantitative estimate of drug-likeness (QED) is 0.371. The third-order valence-corrected chi connectivity index (χ3v) is 3.37. The second kappa shape index (κ2) is 6.20. The van der Waals surface area contributed by atoms with Crippen LogP contribution in [0.4, 0.5) is 0 Å². The summed E-state index contributed by atoms with van der Waals surface area (Å²) in [5, 5.41) is 0. The fourth-order valence-electron chi connectivity index (χ4n) is 2.27. The zero-order chi connectivity index (χ0) is 12.1. The fourth-order valence-corrected chi connectivity index (χ4v) is 2.27. The van der Waals surface area contributed by atoms with E-state index in [1.54, 1.807) is 0 Å². The lowest BCUT2D eigenvalue weighted by atomic mass is 10.0. The monoisotopic (exact) mass is 238 g/mol. The molecule has 0 saturated carbocycles. The zero-order valence-corrected chi connectivity index (χ0v) is 10.6. The van der Waals surface area contributed by atoms with Gasteiger partial charge in [0.05, 0.1) is 12.7 Å². The molecular formula is C14H22O3. The second-order valence-electron chi connectivity index (χ2n) is 5.06. The molecule has 2 heterocycles. The summed E-state index contributed by atoms with van der Waals surface area (Å²) >= 11 is 0. The van der Waals surface area contributed by atoms with E-state index in [0.717, 1.165) is 25.0 Å². The van der Waals surface area contributed by atoms with Crippen molar-refractivity contribution in [2.24, 2.45) is 0 Å². The Balaban J connectivity index is 1.45. The van der Waals surface area contributed by atoms with Gasteiger partial charge >= 0.3 is 5.97 Å². The third kappa shape index (κ3) is 4.50. The van der Waals surface area contributed by atoms with Gasteiger partial charge in [0.2, 0.25) is 0 Å². The molecule has 0 aliphatic carbocycles. The van der Waals surface area contributed by atoms with E-state index >= 15 is 0 Å². The molecule has 0 bridgehead atoms. The van der Waals surface area contributed by atoms with Gasteiger partial charge in [-0.15, -0.1) is 0 Å². The van der Waals surface area contributed by atoms with Crippen molar-refractivity contribution >= 4 is 5.97 Å². The number of hydrogen-bond donors (Lipinski definition) is 0. The molecule has 2 rings (SSSR count). The van der Waals surface area contributed by atoms with Crippen molar-refractivity contribution in [3.63, 3.8) is 0 Å². The molecule has 3 nitrogen and oxygen atoms in total. The van der Waals surface area contributed by atoms with Gasteiger partial charge in [-0.3, -0.25) is 0 Å². The van der Waals surface area contributed by atoms with Crippen LogP contribution in [0.5, 0.6) is 0 Å². The molecule has 0 N–H and O–H groups in total. The Hall–Kier alpha value is -0.830. The summed E-state index contributed by atoms with van der Waals surface area (Å²) in [5.41, 5.74) is 0.879. The van der Waals surface area contributed by atoms with Gasteiger partial charge in [0.15, 0.2) is 0 Å². The van der Waals surface area contributed by atoms with E-state index in [1.807, 2.05) is 13.0 Å².